The highest BCUT2D eigenvalue weighted by Crippen LogP contribution is 2.21. The third-order valence-corrected chi connectivity index (χ3v) is 6.16. The van der Waals surface area contributed by atoms with E-state index in [1.54, 1.807) is 16.7 Å². The molecule has 30 heavy (non-hydrogen) atoms. The van der Waals surface area contributed by atoms with Gasteiger partial charge in [0.05, 0.1) is 0 Å². The van der Waals surface area contributed by atoms with Gasteiger partial charge in [-0.25, -0.2) is 0 Å². The Hall–Kier alpha value is -2.27. The van der Waals surface area contributed by atoms with Crippen molar-refractivity contribution < 1.29 is 9.59 Å². The highest BCUT2D eigenvalue weighted by molar-refractivity contribution is 7.99. The molecular weight excluding hydrogens is 392 g/mol. The average Bonchev–Trinajstić information content (AvgIpc) is 2.74. The predicted molar refractivity (Wildman–Crippen MR) is 126 cm³/mol. The quantitative estimate of drug-likeness (QED) is 0.508. The Labute approximate surface area is 185 Å². The summed E-state index contributed by atoms with van der Waals surface area (Å²) in [5.41, 5.74) is 3.44. The third kappa shape index (κ3) is 7.21. The molecule has 0 radical (unpaired) electrons. The number of aryl methyl sites for hydroxylation is 2. The van der Waals surface area contributed by atoms with E-state index in [0.29, 0.717) is 31.7 Å². The molecule has 1 unspecified atom stereocenters. The molecule has 2 aromatic rings. The molecule has 0 heterocycles. The molecule has 2 amide bonds. The number of nitrogens with one attached hydrogen (secondary N) is 1. The zero-order valence-electron chi connectivity index (χ0n) is 18.6. The Morgan fingerprint density at radius 3 is 2.37 bits per heavy atom. The Kier molecular flexibility index (Phi) is 9.95. The van der Waals surface area contributed by atoms with E-state index >= 15 is 0 Å². The lowest BCUT2D eigenvalue weighted by Gasteiger charge is -2.31. The monoisotopic (exact) mass is 426 g/mol. The average molecular weight is 427 g/mol. The van der Waals surface area contributed by atoms with Gasteiger partial charge in [-0.15, -0.1) is 11.8 Å². The van der Waals surface area contributed by atoms with E-state index in [1.807, 2.05) is 45.0 Å². The lowest BCUT2D eigenvalue weighted by molar-refractivity contribution is -0.141. The zero-order valence-corrected chi connectivity index (χ0v) is 19.4. The molecule has 1 atom stereocenters. The summed E-state index contributed by atoms with van der Waals surface area (Å²) in [7, 11) is 0. The third-order valence-electron chi connectivity index (χ3n) is 5.14. The Morgan fingerprint density at radius 2 is 1.73 bits per heavy atom. The van der Waals surface area contributed by atoms with Crippen molar-refractivity contribution in [2.75, 3.05) is 12.3 Å². The summed E-state index contributed by atoms with van der Waals surface area (Å²) in [5.74, 6) is 0.656. The van der Waals surface area contributed by atoms with Crippen molar-refractivity contribution in [3.05, 3.63) is 65.2 Å². The van der Waals surface area contributed by atoms with Gasteiger partial charge in [-0.1, -0.05) is 55.8 Å². The number of thioether (sulfide) groups is 1. The summed E-state index contributed by atoms with van der Waals surface area (Å²) in [5, 5.41) is 2.97. The highest BCUT2D eigenvalue weighted by atomic mass is 32.2. The smallest absolute Gasteiger partial charge is 0.242 e. The molecule has 0 saturated carbocycles. The van der Waals surface area contributed by atoms with E-state index in [1.165, 1.54) is 5.56 Å². The summed E-state index contributed by atoms with van der Waals surface area (Å²) in [4.78, 5) is 28.9. The molecule has 0 aliphatic rings. The minimum absolute atomic E-state index is 0.0244. The SMILES string of the molecule is CCCNC(=O)C(CC)N(Cc1ccccc1C)C(=O)CCSc1ccc(C)cc1. The van der Waals surface area contributed by atoms with Crippen LogP contribution in [-0.4, -0.2) is 35.1 Å². The maximum Gasteiger partial charge on any atom is 0.242 e. The molecule has 2 rings (SSSR count). The zero-order chi connectivity index (χ0) is 21.9. The van der Waals surface area contributed by atoms with Crippen LogP contribution in [0.5, 0.6) is 0 Å². The molecule has 0 spiro atoms. The van der Waals surface area contributed by atoms with Gasteiger partial charge in [0.2, 0.25) is 11.8 Å². The van der Waals surface area contributed by atoms with Crippen molar-refractivity contribution >= 4 is 23.6 Å². The summed E-state index contributed by atoms with van der Waals surface area (Å²) < 4.78 is 0. The summed E-state index contributed by atoms with van der Waals surface area (Å²) in [6.07, 6.45) is 1.88. The van der Waals surface area contributed by atoms with Gasteiger partial charge in [-0.2, -0.15) is 0 Å². The maximum absolute atomic E-state index is 13.2. The number of hydrogen-bond acceptors (Lipinski definition) is 3. The number of benzene rings is 2. The van der Waals surface area contributed by atoms with Crippen LogP contribution in [0.4, 0.5) is 0 Å². The fourth-order valence-electron chi connectivity index (χ4n) is 3.29. The molecule has 2 aromatic carbocycles. The second-order valence-corrected chi connectivity index (χ2v) is 8.74. The van der Waals surface area contributed by atoms with Crippen LogP contribution in [0, 0.1) is 13.8 Å². The van der Waals surface area contributed by atoms with Gasteiger partial charge in [0.15, 0.2) is 0 Å². The van der Waals surface area contributed by atoms with E-state index < -0.39 is 6.04 Å². The molecule has 5 heteroatoms. The van der Waals surface area contributed by atoms with E-state index in [2.05, 4.69) is 36.5 Å². The van der Waals surface area contributed by atoms with Crippen molar-refractivity contribution in [3.8, 4) is 0 Å². The van der Waals surface area contributed by atoms with Crippen LogP contribution in [0.15, 0.2) is 53.4 Å². The first-order chi connectivity index (χ1) is 14.5. The maximum atomic E-state index is 13.2. The standard InChI is InChI=1S/C25H34N2O2S/c1-5-16-26-25(29)23(6-2)27(18-21-10-8-7-9-20(21)4)24(28)15-17-30-22-13-11-19(3)12-14-22/h7-14,23H,5-6,15-18H2,1-4H3,(H,26,29). The van der Waals surface area contributed by atoms with Crippen molar-refractivity contribution in [2.24, 2.45) is 0 Å². The number of carbonyl (C=O) groups is 2. The van der Waals surface area contributed by atoms with Crippen LogP contribution in [0.3, 0.4) is 0 Å². The number of carbonyl (C=O) groups excluding carboxylic acids is 2. The fourth-order valence-corrected chi connectivity index (χ4v) is 4.13. The first kappa shape index (κ1) is 24.0. The van der Waals surface area contributed by atoms with Crippen molar-refractivity contribution in [2.45, 2.75) is 64.4 Å². The van der Waals surface area contributed by atoms with Crippen LogP contribution in [0.25, 0.3) is 0 Å². The largest absolute Gasteiger partial charge is 0.354 e. The fraction of sp³-hybridized carbons (Fsp3) is 0.440. The molecule has 162 valence electrons. The summed E-state index contributed by atoms with van der Waals surface area (Å²) in [6, 6.07) is 15.9. The number of hydrogen-bond donors (Lipinski definition) is 1. The lowest BCUT2D eigenvalue weighted by Crippen LogP contribution is -2.49. The van der Waals surface area contributed by atoms with Crippen LogP contribution >= 0.6 is 11.8 Å². The van der Waals surface area contributed by atoms with Crippen LogP contribution in [0.1, 0.15) is 49.8 Å². The van der Waals surface area contributed by atoms with E-state index in [-0.39, 0.29) is 11.8 Å². The van der Waals surface area contributed by atoms with Crippen molar-refractivity contribution in [3.63, 3.8) is 0 Å². The number of amides is 2. The van der Waals surface area contributed by atoms with E-state index in [0.717, 1.165) is 22.4 Å². The van der Waals surface area contributed by atoms with Gasteiger partial charge < -0.3 is 10.2 Å². The summed E-state index contributed by atoms with van der Waals surface area (Å²) in [6.45, 7) is 9.19. The highest BCUT2D eigenvalue weighted by Gasteiger charge is 2.28. The second kappa shape index (κ2) is 12.4. The minimum Gasteiger partial charge on any atom is -0.354 e. The normalized spacial score (nSPS) is 11.7. The molecule has 1 N–H and O–H groups in total. The second-order valence-electron chi connectivity index (χ2n) is 7.57. The van der Waals surface area contributed by atoms with Gasteiger partial charge in [-0.05, 0) is 49.9 Å². The van der Waals surface area contributed by atoms with Gasteiger partial charge in [0.1, 0.15) is 6.04 Å². The van der Waals surface area contributed by atoms with Crippen LogP contribution in [0.2, 0.25) is 0 Å². The van der Waals surface area contributed by atoms with Crippen molar-refractivity contribution in [1.82, 2.24) is 10.2 Å². The van der Waals surface area contributed by atoms with Gasteiger partial charge >= 0.3 is 0 Å². The number of rotatable bonds is 11. The Bertz CT molecular complexity index is 820. The molecular formula is C25H34N2O2S. The van der Waals surface area contributed by atoms with E-state index in [9.17, 15) is 9.59 Å². The van der Waals surface area contributed by atoms with E-state index in [4.69, 9.17) is 0 Å². The molecule has 0 aliphatic heterocycles. The number of nitrogens with zero attached hydrogens (tertiary/aromatic N) is 1. The van der Waals surface area contributed by atoms with Gasteiger partial charge in [0.25, 0.3) is 0 Å². The molecule has 4 nitrogen and oxygen atoms in total. The Morgan fingerprint density at radius 1 is 1.03 bits per heavy atom. The first-order valence-corrected chi connectivity index (χ1v) is 11.8. The molecule has 0 aromatic heterocycles. The van der Waals surface area contributed by atoms with Crippen molar-refractivity contribution in [1.29, 1.82) is 0 Å². The van der Waals surface area contributed by atoms with Gasteiger partial charge in [0, 0.05) is 30.2 Å². The predicted octanol–water partition coefficient (Wildman–Crippen LogP) is 5.12. The molecule has 0 bridgehead atoms. The van der Waals surface area contributed by atoms with Crippen LogP contribution < -0.4 is 5.32 Å². The topological polar surface area (TPSA) is 49.4 Å². The molecule has 0 aliphatic carbocycles. The lowest BCUT2D eigenvalue weighted by atomic mass is 10.1. The molecule has 0 fully saturated rings. The van der Waals surface area contributed by atoms with Crippen LogP contribution in [-0.2, 0) is 16.1 Å². The summed E-state index contributed by atoms with van der Waals surface area (Å²) >= 11 is 1.68. The van der Waals surface area contributed by atoms with Gasteiger partial charge in [-0.3, -0.25) is 9.59 Å². The Balaban J connectivity index is 2.11. The minimum atomic E-state index is -0.451. The first-order valence-electron chi connectivity index (χ1n) is 10.8. The molecule has 0 saturated heterocycles.